The number of nitrogens with zero attached hydrogens (tertiary/aromatic N) is 1. The Labute approximate surface area is 112 Å². The molecule has 0 aliphatic carbocycles. The van der Waals surface area contributed by atoms with Crippen LogP contribution in [0.25, 0.3) is 0 Å². The highest BCUT2D eigenvalue weighted by atomic mass is 32.1. The van der Waals surface area contributed by atoms with E-state index < -0.39 is 0 Å². The van der Waals surface area contributed by atoms with Crippen LogP contribution in [0.2, 0.25) is 0 Å². The summed E-state index contributed by atoms with van der Waals surface area (Å²) in [5, 5.41) is 4.57. The van der Waals surface area contributed by atoms with Crippen molar-refractivity contribution in [3.05, 3.63) is 41.5 Å². The third-order valence-electron chi connectivity index (χ3n) is 3.05. The van der Waals surface area contributed by atoms with Gasteiger partial charge in [-0.2, -0.15) is 4.37 Å². The average Bonchev–Trinajstić information content (AvgIpc) is 2.70. The second kappa shape index (κ2) is 5.87. The monoisotopic (exact) mass is 261 g/mol. The van der Waals surface area contributed by atoms with E-state index in [-0.39, 0.29) is 0 Å². The molecule has 18 heavy (non-hydrogen) atoms. The van der Waals surface area contributed by atoms with E-state index in [0.717, 1.165) is 23.4 Å². The van der Waals surface area contributed by atoms with Crippen LogP contribution in [0.15, 0.2) is 30.3 Å². The van der Waals surface area contributed by atoms with Crippen molar-refractivity contribution in [1.29, 1.82) is 0 Å². The van der Waals surface area contributed by atoms with Gasteiger partial charge in [-0.15, -0.1) is 0 Å². The summed E-state index contributed by atoms with van der Waals surface area (Å²) in [6, 6.07) is 11.0. The number of anilines is 2. The Kier molecular flexibility index (Phi) is 4.20. The van der Waals surface area contributed by atoms with E-state index in [1.165, 1.54) is 17.1 Å². The summed E-state index contributed by atoms with van der Waals surface area (Å²) in [7, 11) is 0. The van der Waals surface area contributed by atoms with Gasteiger partial charge < -0.3 is 11.1 Å². The molecule has 4 heteroatoms. The maximum absolute atomic E-state index is 5.74. The van der Waals surface area contributed by atoms with Crippen LogP contribution in [0.4, 0.5) is 10.8 Å². The predicted molar refractivity (Wildman–Crippen MR) is 79.1 cm³/mol. The van der Waals surface area contributed by atoms with Crippen molar-refractivity contribution in [3.63, 3.8) is 0 Å². The van der Waals surface area contributed by atoms with Crippen LogP contribution in [-0.4, -0.2) is 10.4 Å². The summed E-state index contributed by atoms with van der Waals surface area (Å²) in [6.45, 7) is 4.20. The van der Waals surface area contributed by atoms with Gasteiger partial charge in [0.25, 0.3) is 0 Å². The Morgan fingerprint density at radius 1 is 1.33 bits per heavy atom. The zero-order chi connectivity index (χ0) is 13.0. The number of aryl methyl sites for hydroxylation is 1. The van der Waals surface area contributed by atoms with Crippen molar-refractivity contribution in [2.75, 3.05) is 11.1 Å². The highest BCUT2D eigenvalue weighted by Gasteiger charge is 2.09. The summed E-state index contributed by atoms with van der Waals surface area (Å²) in [5.41, 5.74) is 8.18. The Morgan fingerprint density at radius 2 is 2.06 bits per heavy atom. The molecule has 0 saturated heterocycles. The lowest BCUT2D eigenvalue weighted by Crippen LogP contribution is -2.15. The first-order valence-corrected chi connectivity index (χ1v) is 6.96. The number of nitrogens with two attached hydrogens (primary N) is 1. The van der Waals surface area contributed by atoms with Crippen molar-refractivity contribution >= 4 is 22.4 Å². The zero-order valence-corrected chi connectivity index (χ0v) is 11.6. The predicted octanol–water partition coefficient (Wildman–Crippen LogP) is 3.47. The van der Waals surface area contributed by atoms with Crippen molar-refractivity contribution in [3.8, 4) is 0 Å². The fourth-order valence-corrected chi connectivity index (χ4v) is 2.63. The largest absolute Gasteiger partial charge is 0.383 e. The molecular weight excluding hydrogens is 242 g/mol. The fraction of sp³-hybridized carbons (Fsp3) is 0.357. The van der Waals surface area contributed by atoms with Crippen molar-refractivity contribution in [2.45, 2.75) is 32.7 Å². The van der Waals surface area contributed by atoms with Gasteiger partial charge in [0.05, 0.1) is 0 Å². The minimum atomic E-state index is 0.420. The van der Waals surface area contributed by atoms with Crippen LogP contribution in [0.1, 0.15) is 24.5 Å². The minimum absolute atomic E-state index is 0.420. The standard InChI is InChI=1S/C14H19N3S/c1-10(8-9-12-6-4-3-5-7-12)16-14-11(2)13(15)17-18-14/h3-7,10,16H,8-9H2,1-2H3,(H2,15,17). The number of aromatic nitrogens is 1. The lowest BCUT2D eigenvalue weighted by molar-refractivity contribution is 0.707. The van der Waals surface area contributed by atoms with Gasteiger partial charge >= 0.3 is 0 Å². The average molecular weight is 261 g/mol. The number of benzene rings is 1. The molecule has 0 radical (unpaired) electrons. The Morgan fingerprint density at radius 3 is 2.67 bits per heavy atom. The molecule has 0 saturated carbocycles. The van der Waals surface area contributed by atoms with Crippen LogP contribution < -0.4 is 11.1 Å². The molecular formula is C14H19N3S. The molecule has 3 nitrogen and oxygen atoms in total. The molecule has 2 rings (SSSR count). The molecule has 0 bridgehead atoms. The minimum Gasteiger partial charge on any atom is -0.383 e. The molecule has 0 amide bonds. The maximum atomic E-state index is 5.74. The topological polar surface area (TPSA) is 50.9 Å². The first-order chi connectivity index (χ1) is 8.66. The molecule has 1 aromatic carbocycles. The van der Waals surface area contributed by atoms with Gasteiger partial charge in [-0.25, -0.2) is 0 Å². The Hall–Kier alpha value is -1.55. The summed E-state index contributed by atoms with van der Waals surface area (Å²) in [4.78, 5) is 0. The van der Waals surface area contributed by atoms with E-state index in [1.807, 2.05) is 6.92 Å². The first-order valence-electron chi connectivity index (χ1n) is 6.19. The van der Waals surface area contributed by atoms with Crippen LogP contribution in [0.5, 0.6) is 0 Å². The van der Waals surface area contributed by atoms with Crippen LogP contribution >= 0.6 is 11.5 Å². The van der Waals surface area contributed by atoms with E-state index in [4.69, 9.17) is 5.73 Å². The van der Waals surface area contributed by atoms with Crippen molar-refractivity contribution < 1.29 is 0 Å². The molecule has 1 aromatic heterocycles. The SMILES string of the molecule is Cc1c(N)nsc1NC(C)CCc1ccccc1. The molecule has 1 atom stereocenters. The van der Waals surface area contributed by atoms with Gasteiger partial charge in [0.15, 0.2) is 0 Å². The highest BCUT2D eigenvalue weighted by molar-refractivity contribution is 7.10. The third-order valence-corrected chi connectivity index (χ3v) is 3.94. The lowest BCUT2D eigenvalue weighted by Gasteiger charge is -2.14. The normalized spacial score (nSPS) is 12.3. The van der Waals surface area contributed by atoms with Crippen LogP contribution in [-0.2, 0) is 6.42 Å². The summed E-state index contributed by atoms with van der Waals surface area (Å²) < 4.78 is 4.14. The molecule has 0 aliphatic rings. The van der Waals surface area contributed by atoms with Crippen molar-refractivity contribution in [2.24, 2.45) is 0 Å². The molecule has 96 valence electrons. The summed E-state index contributed by atoms with van der Waals surface area (Å²) in [6.07, 6.45) is 2.18. The van der Waals surface area contributed by atoms with Crippen LogP contribution in [0, 0.1) is 6.92 Å². The van der Waals surface area contributed by atoms with Gasteiger partial charge in [0.2, 0.25) is 0 Å². The number of rotatable bonds is 5. The van der Waals surface area contributed by atoms with Gasteiger partial charge in [-0.05, 0) is 43.8 Å². The second-order valence-corrected chi connectivity index (χ2v) is 5.36. The highest BCUT2D eigenvalue weighted by Crippen LogP contribution is 2.26. The van der Waals surface area contributed by atoms with E-state index in [9.17, 15) is 0 Å². The maximum Gasteiger partial charge on any atom is 0.142 e. The Balaban J connectivity index is 1.86. The molecule has 0 spiro atoms. The number of hydrogen-bond acceptors (Lipinski definition) is 4. The molecule has 0 fully saturated rings. The van der Waals surface area contributed by atoms with E-state index in [0.29, 0.717) is 11.9 Å². The number of nitrogen functional groups attached to an aromatic ring is 1. The molecule has 1 unspecified atom stereocenters. The fourth-order valence-electron chi connectivity index (χ4n) is 1.81. The lowest BCUT2D eigenvalue weighted by atomic mass is 10.1. The quantitative estimate of drug-likeness (QED) is 0.866. The summed E-state index contributed by atoms with van der Waals surface area (Å²) >= 11 is 1.44. The zero-order valence-electron chi connectivity index (χ0n) is 10.8. The number of hydrogen-bond donors (Lipinski definition) is 2. The summed E-state index contributed by atoms with van der Waals surface area (Å²) in [5.74, 6) is 0.637. The number of nitrogens with one attached hydrogen (secondary N) is 1. The van der Waals surface area contributed by atoms with Gasteiger partial charge in [0, 0.05) is 11.6 Å². The van der Waals surface area contributed by atoms with E-state index in [1.54, 1.807) is 0 Å². The molecule has 2 aromatic rings. The van der Waals surface area contributed by atoms with Gasteiger partial charge in [0.1, 0.15) is 10.8 Å². The van der Waals surface area contributed by atoms with E-state index in [2.05, 4.69) is 46.9 Å². The first kappa shape index (κ1) is 12.9. The van der Waals surface area contributed by atoms with Gasteiger partial charge in [-0.3, -0.25) is 0 Å². The smallest absolute Gasteiger partial charge is 0.142 e. The molecule has 1 heterocycles. The van der Waals surface area contributed by atoms with Gasteiger partial charge in [-0.1, -0.05) is 30.3 Å². The molecule has 3 N–H and O–H groups in total. The Bertz CT molecular complexity index is 493. The van der Waals surface area contributed by atoms with E-state index >= 15 is 0 Å². The van der Waals surface area contributed by atoms with Crippen molar-refractivity contribution in [1.82, 2.24) is 4.37 Å². The van der Waals surface area contributed by atoms with Crippen LogP contribution in [0.3, 0.4) is 0 Å². The molecule has 0 aliphatic heterocycles. The second-order valence-electron chi connectivity index (χ2n) is 4.59. The third kappa shape index (κ3) is 3.23.